The summed E-state index contributed by atoms with van der Waals surface area (Å²) in [6, 6.07) is 0. The number of aliphatic hydroxyl groups is 1. The lowest BCUT2D eigenvalue weighted by atomic mass is 9.71. The Morgan fingerprint density at radius 2 is 2.31 bits per heavy atom. The SMILES string of the molecule is COC(=O)C1(C2C=CC=CC2)CCC(O)C1. The maximum atomic E-state index is 12.0. The summed E-state index contributed by atoms with van der Waals surface area (Å²) < 4.78 is 4.93. The summed E-state index contributed by atoms with van der Waals surface area (Å²) in [7, 11) is 1.43. The van der Waals surface area contributed by atoms with E-state index in [4.69, 9.17) is 4.74 Å². The van der Waals surface area contributed by atoms with Gasteiger partial charge in [0.05, 0.1) is 18.6 Å². The molecule has 16 heavy (non-hydrogen) atoms. The molecular weight excluding hydrogens is 204 g/mol. The maximum Gasteiger partial charge on any atom is 0.312 e. The first-order valence-corrected chi connectivity index (χ1v) is 5.79. The van der Waals surface area contributed by atoms with Gasteiger partial charge in [0, 0.05) is 0 Å². The van der Waals surface area contributed by atoms with E-state index in [1.54, 1.807) is 0 Å². The highest BCUT2D eigenvalue weighted by molar-refractivity contribution is 5.78. The van der Waals surface area contributed by atoms with Crippen LogP contribution in [0.5, 0.6) is 0 Å². The van der Waals surface area contributed by atoms with Crippen molar-refractivity contribution >= 4 is 5.97 Å². The van der Waals surface area contributed by atoms with E-state index in [-0.39, 0.29) is 18.0 Å². The normalized spacial score (nSPS) is 37.6. The van der Waals surface area contributed by atoms with Crippen LogP contribution in [0.1, 0.15) is 25.7 Å². The van der Waals surface area contributed by atoms with E-state index in [1.165, 1.54) is 7.11 Å². The minimum Gasteiger partial charge on any atom is -0.469 e. The third-order valence-corrected chi connectivity index (χ3v) is 3.81. The smallest absolute Gasteiger partial charge is 0.312 e. The Hall–Kier alpha value is -1.09. The number of allylic oxidation sites excluding steroid dienone is 4. The molecule has 2 rings (SSSR count). The van der Waals surface area contributed by atoms with Gasteiger partial charge in [0.15, 0.2) is 0 Å². The van der Waals surface area contributed by atoms with Crippen LogP contribution in [-0.4, -0.2) is 24.3 Å². The number of ether oxygens (including phenoxy) is 1. The zero-order valence-corrected chi connectivity index (χ0v) is 9.56. The van der Waals surface area contributed by atoms with Crippen molar-refractivity contribution in [2.75, 3.05) is 7.11 Å². The predicted octanol–water partition coefficient (Wildman–Crippen LogP) is 1.82. The number of aliphatic hydroxyl groups excluding tert-OH is 1. The molecular formula is C13H18O3. The highest BCUT2D eigenvalue weighted by Gasteiger charge is 2.50. The van der Waals surface area contributed by atoms with E-state index < -0.39 is 5.41 Å². The van der Waals surface area contributed by atoms with Gasteiger partial charge < -0.3 is 9.84 Å². The monoisotopic (exact) mass is 222 g/mol. The molecule has 0 aromatic rings. The molecule has 0 aromatic heterocycles. The number of hydrogen-bond acceptors (Lipinski definition) is 3. The van der Waals surface area contributed by atoms with Crippen molar-refractivity contribution in [3.8, 4) is 0 Å². The van der Waals surface area contributed by atoms with Crippen molar-refractivity contribution in [1.29, 1.82) is 0 Å². The number of carbonyl (C=O) groups is 1. The summed E-state index contributed by atoms with van der Waals surface area (Å²) in [5.41, 5.74) is -0.505. The van der Waals surface area contributed by atoms with E-state index in [0.29, 0.717) is 12.8 Å². The lowest BCUT2D eigenvalue weighted by molar-refractivity contribution is -0.155. The molecule has 1 saturated carbocycles. The number of methoxy groups -OCH3 is 1. The van der Waals surface area contributed by atoms with Crippen LogP contribution in [0.25, 0.3) is 0 Å². The summed E-state index contributed by atoms with van der Waals surface area (Å²) in [5.74, 6) is -0.00361. The van der Waals surface area contributed by atoms with Crippen LogP contribution in [0.3, 0.4) is 0 Å². The fourth-order valence-corrected chi connectivity index (χ4v) is 2.92. The topological polar surface area (TPSA) is 46.5 Å². The van der Waals surface area contributed by atoms with Gasteiger partial charge in [-0.3, -0.25) is 4.79 Å². The standard InChI is InChI=1S/C13H18O3/c1-16-12(15)13(8-7-11(14)9-13)10-5-3-2-4-6-10/h2-5,10-11,14H,6-9H2,1H3. The van der Waals surface area contributed by atoms with Crippen LogP contribution >= 0.6 is 0 Å². The third kappa shape index (κ3) is 1.80. The molecule has 0 aromatic carbocycles. The average Bonchev–Trinajstić information content (AvgIpc) is 2.73. The molecule has 0 aliphatic heterocycles. The molecule has 88 valence electrons. The van der Waals surface area contributed by atoms with Crippen molar-refractivity contribution in [2.24, 2.45) is 11.3 Å². The van der Waals surface area contributed by atoms with E-state index in [2.05, 4.69) is 12.2 Å². The van der Waals surface area contributed by atoms with Crippen molar-refractivity contribution in [2.45, 2.75) is 31.8 Å². The average molecular weight is 222 g/mol. The molecule has 2 aliphatic rings. The summed E-state index contributed by atoms with van der Waals surface area (Å²) in [4.78, 5) is 12.0. The fourth-order valence-electron chi connectivity index (χ4n) is 2.92. The molecule has 0 bridgehead atoms. The van der Waals surface area contributed by atoms with Gasteiger partial charge in [-0.2, -0.15) is 0 Å². The van der Waals surface area contributed by atoms with Crippen molar-refractivity contribution in [1.82, 2.24) is 0 Å². The molecule has 3 atom stereocenters. The second kappa shape index (κ2) is 4.42. The zero-order valence-electron chi connectivity index (χ0n) is 9.56. The summed E-state index contributed by atoms with van der Waals surface area (Å²) in [5, 5.41) is 9.69. The molecule has 3 heteroatoms. The Morgan fingerprint density at radius 1 is 1.50 bits per heavy atom. The molecule has 0 radical (unpaired) electrons. The molecule has 2 aliphatic carbocycles. The van der Waals surface area contributed by atoms with Crippen molar-refractivity contribution in [3.63, 3.8) is 0 Å². The van der Waals surface area contributed by atoms with Gasteiger partial charge in [-0.05, 0) is 31.6 Å². The largest absolute Gasteiger partial charge is 0.469 e. The first-order chi connectivity index (χ1) is 7.69. The van der Waals surface area contributed by atoms with Crippen LogP contribution < -0.4 is 0 Å². The number of hydrogen-bond donors (Lipinski definition) is 1. The number of esters is 1. The van der Waals surface area contributed by atoms with E-state index in [1.807, 2.05) is 12.2 Å². The minimum absolute atomic E-state index is 0.169. The maximum absolute atomic E-state index is 12.0. The lowest BCUT2D eigenvalue weighted by Gasteiger charge is -2.33. The Kier molecular flexibility index (Phi) is 3.15. The van der Waals surface area contributed by atoms with Crippen LogP contribution in [0, 0.1) is 11.3 Å². The van der Waals surface area contributed by atoms with Crippen molar-refractivity contribution in [3.05, 3.63) is 24.3 Å². The molecule has 3 nitrogen and oxygen atoms in total. The van der Waals surface area contributed by atoms with Gasteiger partial charge >= 0.3 is 5.97 Å². The summed E-state index contributed by atoms with van der Waals surface area (Å²) >= 11 is 0. The molecule has 1 N–H and O–H groups in total. The van der Waals surface area contributed by atoms with Gasteiger partial charge in [0.1, 0.15) is 0 Å². The Morgan fingerprint density at radius 3 is 2.81 bits per heavy atom. The molecule has 0 amide bonds. The van der Waals surface area contributed by atoms with Crippen LogP contribution in [0.15, 0.2) is 24.3 Å². The van der Waals surface area contributed by atoms with Gasteiger partial charge in [-0.1, -0.05) is 24.3 Å². The summed E-state index contributed by atoms with van der Waals surface area (Å²) in [6.45, 7) is 0. The molecule has 0 heterocycles. The minimum atomic E-state index is -0.505. The second-order valence-electron chi connectivity index (χ2n) is 4.70. The van der Waals surface area contributed by atoms with Gasteiger partial charge in [-0.25, -0.2) is 0 Å². The highest BCUT2D eigenvalue weighted by Crippen LogP contribution is 2.48. The van der Waals surface area contributed by atoms with E-state index in [0.717, 1.165) is 12.8 Å². The zero-order chi connectivity index (χ0) is 11.6. The summed E-state index contributed by atoms with van der Waals surface area (Å²) in [6.07, 6.45) is 10.6. The second-order valence-corrected chi connectivity index (χ2v) is 4.70. The molecule has 0 saturated heterocycles. The Labute approximate surface area is 95.8 Å². The van der Waals surface area contributed by atoms with E-state index >= 15 is 0 Å². The first kappa shape index (κ1) is 11.4. The Bertz CT molecular complexity index is 332. The quantitative estimate of drug-likeness (QED) is 0.725. The third-order valence-electron chi connectivity index (χ3n) is 3.81. The first-order valence-electron chi connectivity index (χ1n) is 5.79. The fraction of sp³-hybridized carbons (Fsp3) is 0.615. The van der Waals surface area contributed by atoms with Crippen LogP contribution in [0.4, 0.5) is 0 Å². The van der Waals surface area contributed by atoms with Crippen LogP contribution in [0.2, 0.25) is 0 Å². The number of carbonyl (C=O) groups excluding carboxylic acids is 1. The van der Waals surface area contributed by atoms with E-state index in [9.17, 15) is 9.90 Å². The predicted molar refractivity (Wildman–Crippen MR) is 60.7 cm³/mol. The van der Waals surface area contributed by atoms with Gasteiger partial charge in [0.2, 0.25) is 0 Å². The lowest BCUT2D eigenvalue weighted by Crippen LogP contribution is -2.37. The van der Waals surface area contributed by atoms with Crippen LogP contribution in [-0.2, 0) is 9.53 Å². The Balaban J connectivity index is 2.24. The van der Waals surface area contributed by atoms with Crippen molar-refractivity contribution < 1.29 is 14.6 Å². The molecule has 1 fully saturated rings. The van der Waals surface area contributed by atoms with Gasteiger partial charge in [0.25, 0.3) is 0 Å². The van der Waals surface area contributed by atoms with Gasteiger partial charge in [-0.15, -0.1) is 0 Å². The molecule has 3 unspecified atom stereocenters. The molecule has 0 spiro atoms. The highest BCUT2D eigenvalue weighted by atomic mass is 16.5. The number of rotatable bonds is 2.